The average Bonchev–Trinajstić information content (AvgIpc) is 3.08. The third-order valence-corrected chi connectivity index (χ3v) is 10.2. The van der Waals surface area contributed by atoms with Crippen LogP contribution >= 0.6 is 0 Å². The number of carbonyl (C=O) groups excluding carboxylic acids is 1. The second-order valence-electron chi connectivity index (χ2n) is 15.0. The van der Waals surface area contributed by atoms with Crippen LogP contribution in [0, 0.1) is 0 Å². The van der Waals surface area contributed by atoms with E-state index in [0.717, 1.165) is 12.8 Å². The first-order chi connectivity index (χ1) is 23.3. The lowest BCUT2D eigenvalue weighted by molar-refractivity contribution is -0.143. The Hall–Kier alpha value is -0.790. The number of rotatable bonds is 41. The van der Waals surface area contributed by atoms with Gasteiger partial charge in [-0.05, 0) is 38.5 Å². The lowest BCUT2D eigenvalue weighted by Gasteiger charge is -2.06. The Balaban J connectivity index is 3.16. The minimum Gasteiger partial charge on any atom is -0.466 e. The zero-order chi connectivity index (χ0) is 34.0. The first kappa shape index (κ1) is 46.2. The molecule has 0 aromatic carbocycles. The Bertz CT molecular complexity index is 597. The van der Waals surface area contributed by atoms with E-state index in [1.807, 2.05) is 0 Å². The predicted molar refractivity (Wildman–Crippen MR) is 212 cm³/mol. The van der Waals surface area contributed by atoms with Crippen LogP contribution < -0.4 is 0 Å². The van der Waals surface area contributed by atoms with Crippen LogP contribution in [0.2, 0.25) is 0 Å². The van der Waals surface area contributed by atoms with Gasteiger partial charge in [-0.25, -0.2) is 0 Å². The van der Waals surface area contributed by atoms with E-state index >= 15 is 0 Å². The molecular weight excluding hydrogens is 572 g/mol. The molecule has 0 unspecified atom stereocenters. The molecule has 0 aromatic heterocycles. The van der Waals surface area contributed by atoms with Crippen molar-refractivity contribution in [3.63, 3.8) is 0 Å². The summed E-state index contributed by atoms with van der Waals surface area (Å²) < 4.78 is 5.47. The molecule has 0 atom stereocenters. The molecule has 280 valence electrons. The van der Waals surface area contributed by atoms with Crippen LogP contribution in [-0.4, -0.2) is 12.6 Å². The second kappa shape index (κ2) is 43.2. The maximum atomic E-state index is 12.0. The fourth-order valence-corrected chi connectivity index (χ4v) is 6.84. The van der Waals surface area contributed by atoms with Crippen LogP contribution in [0.4, 0.5) is 0 Å². The molecule has 0 N–H and O–H groups in total. The van der Waals surface area contributed by atoms with Crippen molar-refractivity contribution >= 4 is 5.97 Å². The van der Waals surface area contributed by atoms with Crippen LogP contribution in [0.15, 0.2) is 12.2 Å². The molecule has 0 saturated heterocycles. The summed E-state index contributed by atoms with van der Waals surface area (Å²) in [6.45, 7) is 5.21. The van der Waals surface area contributed by atoms with Gasteiger partial charge in [-0.1, -0.05) is 231 Å². The van der Waals surface area contributed by atoms with Gasteiger partial charge in [0.05, 0.1) is 6.61 Å². The minimum absolute atomic E-state index is 0.0246. The Morgan fingerprint density at radius 2 is 0.596 bits per heavy atom. The van der Waals surface area contributed by atoms with Gasteiger partial charge < -0.3 is 4.74 Å². The Morgan fingerprint density at radius 1 is 0.340 bits per heavy atom. The molecule has 0 spiro atoms. The van der Waals surface area contributed by atoms with Crippen LogP contribution in [0.5, 0.6) is 0 Å². The highest BCUT2D eigenvalue weighted by atomic mass is 16.5. The number of esters is 1. The summed E-state index contributed by atoms with van der Waals surface area (Å²) in [5.74, 6) is 0.0246. The molecule has 0 saturated carbocycles. The normalized spacial score (nSPS) is 11.6. The summed E-state index contributed by atoms with van der Waals surface area (Å²) in [6, 6.07) is 0. The molecule has 0 bridgehead atoms. The predicted octanol–water partition coefficient (Wildman–Crippen LogP) is 16.3. The second-order valence-corrected chi connectivity index (χ2v) is 15.0. The Labute approximate surface area is 297 Å². The van der Waals surface area contributed by atoms with Gasteiger partial charge in [0.1, 0.15) is 0 Å². The molecule has 0 radical (unpaired) electrons. The SMILES string of the molecule is CCCCCCCC/C=C/CCCCCCCCOC(=O)CCCCCCCCCCCCCCCCCCCCCCCCCC. The van der Waals surface area contributed by atoms with Gasteiger partial charge in [-0.2, -0.15) is 0 Å². The first-order valence-corrected chi connectivity index (χ1v) is 22.1. The maximum absolute atomic E-state index is 12.0. The fraction of sp³-hybridized carbons (Fsp3) is 0.933. The van der Waals surface area contributed by atoms with E-state index in [0.29, 0.717) is 13.0 Å². The van der Waals surface area contributed by atoms with E-state index in [4.69, 9.17) is 4.74 Å². The molecular formula is C45H88O2. The van der Waals surface area contributed by atoms with Crippen molar-refractivity contribution < 1.29 is 9.53 Å². The van der Waals surface area contributed by atoms with E-state index in [1.54, 1.807) is 0 Å². The molecule has 0 aromatic rings. The maximum Gasteiger partial charge on any atom is 0.305 e. The van der Waals surface area contributed by atoms with E-state index < -0.39 is 0 Å². The van der Waals surface area contributed by atoms with Crippen molar-refractivity contribution in [3.05, 3.63) is 12.2 Å². The molecule has 0 aliphatic rings. The van der Waals surface area contributed by atoms with Gasteiger partial charge in [0.15, 0.2) is 0 Å². The topological polar surface area (TPSA) is 26.3 Å². The van der Waals surface area contributed by atoms with E-state index in [9.17, 15) is 4.79 Å². The average molecular weight is 661 g/mol. The monoisotopic (exact) mass is 661 g/mol. The number of allylic oxidation sites excluding steroid dienone is 2. The van der Waals surface area contributed by atoms with Gasteiger partial charge in [-0.3, -0.25) is 4.79 Å². The number of hydrogen-bond acceptors (Lipinski definition) is 2. The number of unbranched alkanes of at least 4 members (excludes halogenated alkanes) is 35. The van der Waals surface area contributed by atoms with Crippen molar-refractivity contribution in [2.45, 2.75) is 264 Å². The van der Waals surface area contributed by atoms with Crippen molar-refractivity contribution in [1.82, 2.24) is 0 Å². The van der Waals surface area contributed by atoms with E-state index in [1.165, 1.54) is 231 Å². The third kappa shape index (κ3) is 43.2. The van der Waals surface area contributed by atoms with Gasteiger partial charge in [0.25, 0.3) is 0 Å². The molecule has 0 aliphatic carbocycles. The zero-order valence-electron chi connectivity index (χ0n) is 32.8. The molecule has 0 aliphatic heterocycles. The Morgan fingerprint density at radius 3 is 0.915 bits per heavy atom. The third-order valence-electron chi connectivity index (χ3n) is 10.2. The smallest absolute Gasteiger partial charge is 0.305 e. The highest BCUT2D eigenvalue weighted by molar-refractivity contribution is 5.69. The highest BCUT2D eigenvalue weighted by Crippen LogP contribution is 2.16. The summed E-state index contributed by atoms with van der Waals surface area (Å²) in [5, 5.41) is 0. The molecule has 0 fully saturated rings. The van der Waals surface area contributed by atoms with Crippen molar-refractivity contribution in [2.75, 3.05) is 6.61 Å². The van der Waals surface area contributed by atoms with E-state index in [-0.39, 0.29) is 5.97 Å². The standard InChI is InChI=1S/C45H88O2/c1-3-5-7-9-11-13-15-17-19-21-22-23-24-25-26-27-28-29-31-33-35-37-39-41-43-45(46)47-44-42-40-38-36-34-32-30-20-18-16-14-12-10-8-6-4-2/h18,20H,3-17,19,21-44H2,1-2H3/b20-18+. The van der Waals surface area contributed by atoms with Crippen molar-refractivity contribution in [3.8, 4) is 0 Å². The van der Waals surface area contributed by atoms with E-state index in [2.05, 4.69) is 26.0 Å². The molecule has 2 heteroatoms. The highest BCUT2D eigenvalue weighted by Gasteiger charge is 2.03. The number of carbonyl (C=O) groups is 1. The quantitative estimate of drug-likeness (QED) is 0.0370. The molecule has 0 amide bonds. The summed E-state index contributed by atoms with van der Waals surface area (Å²) in [4.78, 5) is 12.0. The van der Waals surface area contributed by atoms with Crippen molar-refractivity contribution in [2.24, 2.45) is 0 Å². The van der Waals surface area contributed by atoms with Crippen molar-refractivity contribution in [1.29, 1.82) is 0 Å². The lowest BCUT2D eigenvalue weighted by Crippen LogP contribution is -2.05. The van der Waals surface area contributed by atoms with Crippen LogP contribution in [-0.2, 0) is 9.53 Å². The van der Waals surface area contributed by atoms with Crippen LogP contribution in [0.3, 0.4) is 0 Å². The molecule has 0 rings (SSSR count). The van der Waals surface area contributed by atoms with Gasteiger partial charge in [0, 0.05) is 6.42 Å². The molecule has 47 heavy (non-hydrogen) atoms. The largest absolute Gasteiger partial charge is 0.466 e. The number of ether oxygens (including phenoxy) is 1. The Kier molecular flexibility index (Phi) is 42.5. The van der Waals surface area contributed by atoms with Gasteiger partial charge in [0.2, 0.25) is 0 Å². The summed E-state index contributed by atoms with van der Waals surface area (Å²) in [5.41, 5.74) is 0. The van der Waals surface area contributed by atoms with Crippen LogP contribution in [0.1, 0.15) is 264 Å². The lowest BCUT2D eigenvalue weighted by atomic mass is 10.0. The van der Waals surface area contributed by atoms with Crippen LogP contribution in [0.25, 0.3) is 0 Å². The fourth-order valence-electron chi connectivity index (χ4n) is 6.84. The summed E-state index contributed by atoms with van der Waals surface area (Å²) in [6.07, 6.45) is 57.5. The minimum atomic E-state index is 0.0246. The molecule has 0 heterocycles. The summed E-state index contributed by atoms with van der Waals surface area (Å²) in [7, 11) is 0. The summed E-state index contributed by atoms with van der Waals surface area (Å²) >= 11 is 0. The van der Waals surface area contributed by atoms with Gasteiger partial charge in [-0.15, -0.1) is 0 Å². The number of hydrogen-bond donors (Lipinski definition) is 0. The molecule has 2 nitrogen and oxygen atoms in total. The first-order valence-electron chi connectivity index (χ1n) is 22.1. The zero-order valence-corrected chi connectivity index (χ0v) is 32.8. The van der Waals surface area contributed by atoms with Gasteiger partial charge >= 0.3 is 5.97 Å².